The molecule has 5 nitrogen and oxygen atoms in total. The van der Waals surface area contributed by atoms with Gasteiger partial charge in [0.05, 0.1) is 12.5 Å². The number of nitrogens with zero attached hydrogens (tertiary/aromatic N) is 1. The highest BCUT2D eigenvalue weighted by Crippen LogP contribution is 2.25. The largest absolute Gasteiger partial charge is 0.472 e. The van der Waals surface area contributed by atoms with Crippen LogP contribution in [0.1, 0.15) is 5.56 Å². The van der Waals surface area contributed by atoms with Gasteiger partial charge in [-0.3, -0.25) is 0 Å². The van der Waals surface area contributed by atoms with Crippen LogP contribution in [0.3, 0.4) is 0 Å². The Kier molecular flexibility index (Phi) is 3.78. The number of sulfonamides is 1. The molecule has 2 aromatic rings. The summed E-state index contributed by atoms with van der Waals surface area (Å²) in [5, 5.41) is 0. The molecule has 0 bridgehead atoms. The number of furan rings is 1. The average molecular weight is 302 g/mol. The van der Waals surface area contributed by atoms with Crippen molar-refractivity contribution < 1.29 is 21.6 Å². The van der Waals surface area contributed by atoms with E-state index in [1.54, 1.807) is 6.07 Å². The molecular weight excluding hydrogens is 290 g/mol. The van der Waals surface area contributed by atoms with Crippen molar-refractivity contribution in [3.8, 4) is 0 Å². The minimum absolute atomic E-state index is 0.0674. The van der Waals surface area contributed by atoms with Crippen LogP contribution in [-0.4, -0.2) is 19.8 Å². The van der Waals surface area contributed by atoms with E-state index in [1.165, 1.54) is 19.6 Å². The summed E-state index contributed by atoms with van der Waals surface area (Å²) in [6.07, 6.45) is 2.72. The second-order valence-corrected chi connectivity index (χ2v) is 6.19. The molecule has 0 aliphatic carbocycles. The van der Waals surface area contributed by atoms with Crippen LogP contribution in [0.5, 0.6) is 0 Å². The highest BCUT2D eigenvalue weighted by Gasteiger charge is 2.29. The van der Waals surface area contributed by atoms with Gasteiger partial charge in [0.15, 0.2) is 4.90 Å². The lowest BCUT2D eigenvalue weighted by molar-refractivity contribution is 0.446. The van der Waals surface area contributed by atoms with Gasteiger partial charge < -0.3 is 10.2 Å². The lowest BCUT2D eigenvalue weighted by atomic mass is 10.3. The average Bonchev–Trinajstić information content (AvgIpc) is 2.79. The smallest absolute Gasteiger partial charge is 0.248 e. The fraction of sp³-hybridized carbons (Fsp3) is 0.167. The molecule has 0 aliphatic rings. The lowest BCUT2D eigenvalue weighted by Gasteiger charge is -2.17. The maximum atomic E-state index is 13.7. The van der Waals surface area contributed by atoms with Crippen molar-refractivity contribution in [3.63, 3.8) is 0 Å². The molecule has 8 heteroatoms. The topological polar surface area (TPSA) is 76.5 Å². The van der Waals surface area contributed by atoms with E-state index in [9.17, 15) is 17.2 Å². The fourth-order valence-electron chi connectivity index (χ4n) is 1.71. The third-order valence-corrected chi connectivity index (χ3v) is 4.53. The molecule has 1 heterocycles. The molecule has 20 heavy (non-hydrogen) atoms. The van der Waals surface area contributed by atoms with E-state index in [0.29, 0.717) is 5.56 Å². The van der Waals surface area contributed by atoms with Crippen LogP contribution in [-0.2, 0) is 16.6 Å². The van der Waals surface area contributed by atoms with Crippen molar-refractivity contribution in [1.29, 1.82) is 0 Å². The van der Waals surface area contributed by atoms with Crippen molar-refractivity contribution in [3.05, 3.63) is 47.9 Å². The zero-order valence-electron chi connectivity index (χ0n) is 10.5. The molecule has 108 valence electrons. The summed E-state index contributed by atoms with van der Waals surface area (Å²) < 4.78 is 57.4. The van der Waals surface area contributed by atoms with Crippen molar-refractivity contribution in [1.82, 2.24) is 4.31 Å². The Bertz CT molecular complexity index is 691. The third kappa shape index (κ3) is 2.66. The molecule has 1 aromatic heterocycles. The zero-order valence-corrected chi connectivity index (χ0v) is 11.3. The minimum Gasteiger partial charge on any atom is -0.472 e. The first-order valence-corrected chi connectivity index (χ1v) is 6.98. The van der Waals surface area contributed by atoms with E-state index in [4.69, 9.17) is 10.2 Å². The molecule has 0 saturated carbocycles. The van der Waals surface area contributed by atoms with Gasteiger partial charge in [-0.05, 0) is 18.2 Å². The van der Waals surface area contributed by atoms with Crippen LogP contribution >= 0.6 is 0 Å². The van der Waals surface area contributed by atoms with Gasteiger partial charge >= 0.3 is 0 Å². The van der Waals surface area contributed by atoms with Gasteiger partial charge in [0.1, 0.15) is 11.6 Å². The molecule has 0 spiro atoms. The summed E-state index contributed by atoms with van der Waals surface area (Å²) in [5.41, 5.74) is 5.64. The van der Waals surface area contributed by atoms with E-state index in [-0.39, 0.29) is 12.2 Å². The highest BCUT2D eigenvalue weighted by molar-refractivity contribution is 7.89. The predicted molar refractivity (Wildman–Crippen MR) is 68.1 cm³/mol. The number of halogens is 2. The highest BCUT2D eigenvalue weighted by atomic mass is 32.2. The normalized spacial score (nSPS) is 12.0. The van der Waals surface area contributed by atoms with Gasteiger partial charge in [0.25, 0.3) is 0 Å². The molecule has 0 amide bonds. The van der Waals surface area contributed by atoms with Gasteiger partial charge in [-0.15, -0.1) is 0 Å². The molecule has 0 aliphatic heterocycles. The van der Waals surface area contributed by atoms with Gasteiger partial charge in [0, 0.05) is 24.8 Å². The zero-order chi connectivity index (χ0) is 14.9. The van der Waals surface area contributed by atoms with Crippen molar-refractivity contribution in [2.45, 2.75) is 11.4 Å². The first-order chi connectivity index (χ1) is 9.32. The Hall–Kier alpha value is -1.93. The van der Waals surface area contributed by atoms with E-state index in [0.717, 1.165) is 16.4 Å². The van der Waals surface area contributed by atoms with E-state index in [2.05, 4.69) is 0 Å². The molecule has 0 fully saturated rings. The first-order valence-electron chi connectivity index (χ1n) is 5.54. The molecule has 0 atom stereocenters. The second kappa shape index (κ2) is 5.22. The second-order valence-electron chi connectivity index (χ2n) is 4.21. The van der Waals surface area contributed by atoms with Crippen molar-refractivity contribution >= 4 is 15.7 Å². The Morgan fingerprint density at radius 1 is 1.30 bits per heavy atom. The van der Waals surface area contributed by atoms with E-state index in [1.807, 2.05) is 0 Å². The molecule has 2 rings (SSSR count). The van der Waals surface area contributed by atoms with Crippen molar-refractivity contribution in [2.75, 3.05) is 12.8 Å². The Labute approximate surface area is 114 Å². The summed E-state index contributed by atoms with van der Waals surface area (Å²) in [5.74, 6) is -2.44. The maximum absolute atomic E-state index is 13.7. The minimum atomic E-state index is -4.31. The lowest BCUT2D eigenvalue weighted by Crippen LogP contribution is -2.28. The van der Waals surface area contributed by atoms with E-state index >= 15 is 0 Å². The van der Waals surface area contributed by atoms with Gasteiger partial charge in [-0.25, -0.2) is 17.2 Å². The molecule has 0 radical (unpaired) electrons. The predicted octanol–water partition coefficient (Wildman–Crippen LogP) is 1.96. The molecule has 1 aromatic carbocycles. The van der Waals surface area contributed by atoms with Crippen LogP contribution in [0.4, 0.5) is 14.5 Å². The van der Waals surface area contributed by atoms with Gasteiger partial charge in [-0.1, -0.05) is 0 Å². The summed E-state index contributed by atoms with van der Waals surface area (Å²) in [6, 6.07) is 3.09. The number of hydrogen-bond acceptors (Lipinski definition) is 4. The number of hydrogen-bond donors (Lipinski definition) is 1. The quantitative estimate of drug-likeness (QED) is 0.876. The number of anilines is 1. The van der Waals surface area contributed by atoms with E-state index < -0.39 is 26.6 Å². The maximum Gasteiger partial charge on any atom is 0.248 e. The summed E-state index contributed by atoms with van der Waals surface area (Å²) in [7, 11) is -3.09. The monoisotopic (exact) mass is 302 g/mol. The van der Waals surface area contributed by atoms with Crippen LogP contribution in [0.2, 0.25) is 0 Å². The number of nitrogen functional groups attached to an aromatic ring is 1. The Morgan fingerprint density at radius 2 is 1.90 bits per heavy atom. The molecular formula is C12H12F2N2O3S. The van der Waals surface area contributed by atoms with Crippen molar-refractivity contribution in [2.24, 2.45) is 0 Å². The Morgan fingerprint density at radius 3 is 2.40 bits per heavy atom. The molecule has 0 saturated heterocycles. The van der Waals surface area contributed by atoms with Crippen LogP contribution in [0.15, 0.2) is 40.0 Å². The van der Waals surface area contributed by atoms with Gasteiger partial charge in [0.2, 0.25) is 10.0 Å². The summed E-state index contributed by atoms with van der Waals surface area (Å²) in [6.45, 7) is -0.0674. The van der Waals surface area contributed by atoms with Crippen LogP contribution in [0, 0.1) is 11.6 Å². The van der Waals surface area contributed by atoms with Crippen LogP contribution in [0.25, 0.3) is 0 Å². The van der Waals surface area contributed by atoms with Gasteiger partial charge in [-0.2, -0.15) is 4.31 Å². The summed E-state index contributed by atoms with van der Waals surface area (Å²) in [4.78, 5) is -1.02. The number of nitrogens with two attached hydrogens (primary N) is 1. The number of rotatable bonds is 4. The standard InChI is InChI=1S/C12H12F2N2O3S/c1-16(6-8-2-3-19-7-8)20(17,18)12-10(13)4-9(15)5-11(12)14/h2-5,7H,6,15H2,1H3. The van der Waals surface area contributed by atoms with Crippen LogP contribution < -0.4 is 5.73 Å². The molecule has 0 unspecified atom stereocenters. The SMILES string of the molecule is CN(Cc1ccoc1)S(=O)(=O)c1c(F)cc(N)cc1F. The fourth-order valence-corrected chi connectivity index (χ4v) is 2.95. The first kappa shape index (κ1) is 14.5. The molecule has 2 N–H and O–H groups in total. The third-order valence-electron chi connectivity index (χ3n) is 2.67. The number of benzene rings is 1. The Balaban J connectivity index is 2.40. The summed E-state index contributed by atoms with van der Waals surface area (Å²) >= 11 is 0.